The molecule has 0 unspecified atom stereocenters. The van der Waals surface area contributed by atoms with Gasteiger partial charge in [0.05, 0.1) is 0 Å². The predicted octanol–water partition coefficient (Wildman–Crippen LogP) is 2.54. The molecular formula is C20H39IN6O2. The molecule has 29 heavy (non-hydrogen) atoms. The smallest absolute Gasteiger partial charge is 0.191 e. The van der Waals surface area contributed by atoms with Gasteiger partial charge in [-0.15, -0.1) is 34.2 Å². The molecule has 0 aromatic carbocycles. The number of guanidine groups is 1. The van der Waals surface area contributed by atoms with Crippen LogP contribution in [0.15, 0.2) is 4.99 Å². The minimum absolute atomic E-state index is 0. The number of aryl methyl sites for hydroxylation is 1. The van der Waals surface area contributed by atoms with E-state index in [1.54, 1.807) is 0 Å². The van der Waals surface area contributed by atoms with Crippen molar-refractivity contribution < 1.29 is 9.84 Å². The van der Waals surface area contributed by atoms with Gasteiger partial charge in [0.15, 0.2) is 11.8 Å². The maximum absolute atomic E-state index is 9.55. The largest absolute Gasteiger partial charge is 0.396 e. The molecule has 0 bridgehead atoms. The molecule has 0 amide bonds. The Morgan fingerprint density at radius 2 is 2.00 bits per heavy atom. The van der Waals surface area contributed by atoms with Crippen molar-refractivity contribution in [3.8, 4) is 0 Å². The van der Waals surface area contributed by atoms with Crippen LogP contribution < -0.4 is 10.6 Å². The Balaban J connectivity index is 0.00000420. The van der Waals surface area contributed by atoms with Crippen molar-refractivity contribution in [1.29, 1.82) is 0 Å². The van der Waals surface area contributed by atoms with E-state index >= 15 is 0 Å². The molecule has 0 saturated heterocycles. The Morgan fingerprint density at radius 1 is 1.24 bits per heavy atom. The van der Waals surface area contributed by atoms with Crippen LogP contribution in [0.25, 0.3) is 0 Å². The Hall–Kier alpha value is -0.940. The number of hydrogen-bond donors (Lipinski definition) is 3. The van der Waals surface area contributed by atoms with Gasteiger partial charge in [-0.05, 0) is 44.9 Å². The van der Waals surface area contributed by atoms with E-state index in [-0.39, 0.29) is 36.0 Å². The summed E-state index contributed by atoms with van der Waals surface area (Å²) in [5, 5.41) is 24.8. The minimum atomic E-state index is 0. The zero-order valence-corrected chi connectivity index (χ0v) is 20.6. The molecule has 168 valence electrons. The van der Waals surface area contributed by atoms with Gasteiger partial charge in [-0.1, -0.05) is 19.3 Å². The molecule has 0 spiro atoms. The molecule has 9 heteroatoms. The van der Waals surface area contributed by atoms with Crippen LogP contribution in [0.1, 0.15) is 63.5 Å². The quantitative estimate of drug-likeness (QED) is 0.179. The third-order valence-electron chi connectivity index (χ3n) is 5.71. The van der Waals surface area contributed by atoms with Crippen LogP contribution >= 0.6 is 24.0 Å². The third-order valence-corrected chi connectivity index (χ3v) is 5.71. The summed E-state index contributed by atoms with van der Waals surface area (Å²) in [6.07, 6.45) is 7.90. The maximum Gasteiger partial charge on any atom is 0.191 e. The van der Waals surface area contributed by atoms with E-state index in [1.165, 1.54) is 32.1 Å². The van der Waals surface area contributed by atoms with Crippen molar-refractivity contribution in [3.05, 3.63) is 11.6 Å². The van der Waals surface area contributed by atoms with E-state index in [1.807, 2.05) is 25.5 Å². The second-order valence-electron chi connectivity index (χ2n) is 7.75. The maximum atomic E-state index is 9.55. The second-order valence-corrected chi connectivity index (χ2v) is 7.75. The van der Waals surface area contributed by atoms with E-state index in [9.17, 15) is 5.11 Å². The van der Waals surface area contributed by atoms with Crippen molar-refractivity contribution >= 4 is 29.9 Å². The second kappa shape index (κ2) is 14.1. The number of ether oxygens (including phenoxy) is 1. The third kappa shape index (κ3) is 8.75. The number of rotatable bonds is 11. The van der Waals surface area contributed by atoms with Gasteiger partial charge in [0.1, 0.15) is 12.4 Å². The monoisotopic (exact) mass is 522 g/mol. The lowest BCUT2D eigenvalue weighted by atomic mass is 9.72. The van der Waals surface area contributed by atoms with Crippen LogP contribution in [-0.2, 0) is 18.3 Å². The van der Waals surface area contributed by atoms with E-state index in [2.05, 4.69) is 20.8 Å². The summed E-state index contributed by atoms with van der Waals surface area (Å²) in [6.45, 7) is 7.80. The number of aliphatic hydroxyl groups is 1. The number of hydrogen-bond acceptors (Lipinski definition) is 5. The molecule has 0 aliphatic heterocycles. The van der Waals surface area contributed by atoms with Gasteiger partial charge in [0.25, 0.3) is 0 Å². The predicted molar refractivity (Wildman–Crippen MR) is 127 cm³/mol. The fourth-order valence-electron chi connectivity index (χ4n) is 3.76. The molecule has 2 rings (SSSR count). The van der Waals surface area contributed by atoms with Crippen LogP contribution in [0.4, 0.5) is 0 Å². The van der Waals surface area contributed by atoms with Gasteiger partial charge in [-0.25, -0.2) is 4.99 Å². The van der Waals surface area contributed by atoms with E-state index in [0.717, 1.165) is 56.8 Å². The van der Waals surface area contributed by atoms with Crippen molar-refractivity contribution in [3.63, 3.8) is 0 Å². The first kappa shape index (κ1) is 26.1. The fourth-order valence-corrected chi connectivity index (χ4v) is 3.76. The molecule has 1 aliphatic carbocycles. The molecule has 8 nitrogen and oxygen atoms in total. The molecular weight excluding hydrogens is 483 g/mol. The zero-order valence-electron chi connectivity index (χ0n) is 18.2. The molecule has 0 radical (unpaired) electrons. The van der Waals surface area contributed by atoms with Gasteiger partial charge in [-0.3, -0.25) is 0 Å². The van der Waals surface area contributed by atoms with E-state index in [4.69, 9.17) is 9.73 Å². The Kier molecular flexibility index (Phi) is 12.7. The highest BCUT2D eigenvalue weighted by atomic mass is 127. The molecule has 1 saturated carbocycles. The molecule has 0 atom stereocenters. The minimum Gasteiger partial charge on any atom is -0.396 e. The lowest BCUT2D eigenvalue weighted by molar-refractivity contribution is 0.131. The lowest BCUT2D eigenvalue weighted by Crippen LogP contribution is -2.45. The first-order chi connectivity index (χ1) is 13.6. The van der Waals surface area contributed by atoms with E-state index < -0.39 is 0 Å². The summed E-state index contributed by atoms with van der Waals surface area (Å²) in [5.74, 6) is 2.52. The Labute approximate surface area is 192 Å². The number of aliphatic imine (C=N–C) groups is 1. The van der Waals surface area contributed by atoms with Gasteiger partial charge in [0.2, 0.25) is 0 Å². The van der Waals surface area contributed by atoms with E-state index in [0.29, 0.717) is 6.54 Å². The van der Waals surface area contributed by atoms with Crippen LogP contribution in [0.3, 0.4) is 0 Å². The molecule has 1 aromatic rings. The first-order valence-electron chi connectivity index (χ1n) is 10.7. The number of aromatic nitrogens is 3. The average Bonchev–Trinajstić information content (AvgIpc) is 3.02. The first-order valence-corrected chi connectivity index (χ1v) is 10.7. The lowest BCUT2D eigenvalue weighted by Gasteiger charge is -2.37. The van der Waals surface area contributed by atoms with Gasteiger partial charge < -0.3 is 25.0 Å². The summed E-state index contributed by atoms with van der Waals surface area (Å²) in [5.41, 5.74) is 0.169. The molecule has 1 heterocycles. The summed E-state index contributed by atoms with van der Waals surface area (Å²) in [4.78, 5) is 4.73. The van der Waals surface area contributed by atoms with Crippen molar-refractivity contribution in [2.45, 2.75) is 65.3 Å². The molecule has 3 N–H and O–H groups in total. The van der Waals surface area contributed by atoms with Crippen LogP contribution in [0.5, 0.6) is 0 Å². The van der Waals surface area contributed by atoms with Gasteiger partial charge in [-0.2, -0.15) is 0 Å². The summed E-state index contributed by atoms with van der Waals surface area (Å²) < 4.78 is 7.38. The van der Waals surface area contributed by atoms with Gasteiger partial charge in [0, 0.05) is 40.0 Å². The molecule has 1 aromatic heterocycles. The normalized spacial score (nSPS) is 16.3. The highest BCUT2D eigenvalue weighted by molar-refractivity contribution is 14.0. The highest BCUT2D eigenvalue weighted by Crippen LogP contribution is 2.38. The Morgan fingerprint density at radius 3 is 2.62 bits per heavy atom. The van der Waals surface area contributed by atoms with Crippen LogP contribution in [-0.4, -0.2) is 58.7 Å². The van der Waals surface area contributed by atoms with Gasteiger partial charge >= 0.3 is 0 Å². The number of nitrogens with zero attached hydrogens (tertiary/aromatic N) is 4. The fraction of sp³-hybridized carbons (Fsp3) is 0.850. The standard InChI is InChI=1S/C20H38N6O2.HI/c1-4-28-14-8-12-21-19(22-15-18-25-24-17(2)26(18)3)23-16-20(11-13-27)9-6-5-7-10-20;/h27H,4-16H2,1-3H3,(H2,21,22,23);1H. The highest BCUT2D eigenvalue weighted by Gasteiger charge is 2.31. The molecule has 1 aliphatic rings. The topological polar surface area (TPSA) is 96.6 Å². The Bertz CT molecular complexity index is 596. The SMILES string of the molecule is CCOCCCNC(=NCc1nnc(C)n1C)NCC1(CCO)CCCCC1.I. The summed E-state index contributed by atoms with van der Waals surface area (Å²) >= 11 is 0. The van der Waals surface area contributed by atoms with Crippen LogP contribution in [0.2, 0.25) is 0 Å². The van der Waals surface area contributed by atoms with Crippen molar-refractivity contribution in [2.24, 2.45) is 17.5 Å². The molecule has 1 fully saturated rings. The van der Waals surface area contributed by atoms with Crippen molar-refractivity contribution in [1.82, 2.24) is 25.4 Å². The summed E-state index contributed by atoms with van der Waals surface area (Å²) in [6, 6.07) is 0. The number of halogens is 1. The van der Waals surface area contributed by atoms with Crippen LogP contribution in [0, 0.1) is 12.3 Å². The zero-order chi connectivity index (χ0) is 20.2. The number of nitrogens with one attached hydrogen (secondary N) is 2. The summed E-state index contributed by atoms with van der Waals surface area (Å²) in [7, 11) is 1.96. The number of aliphatic hydroxyl groups excluding tert-OH is 1. The average molecular weight is 522 g/mol. The van der Waals surface area contributed by atoms with Crippen molar-refractivity contribution in [2.75, 3.05) is 32.9 Å².